The molecule has 0 N–H and O–H groups in total. The molecule has 0 aliphatic heterocycles. The highest BCUT2D eigenvalue weighted by atomic mass is 14.4. The Hall–Kier alpha value is -1.82. The summed E-state index contributed by atoms with van der Waals surface area (Å²) in [4.78, 5) is 0. The van der Waals surface area contributed by atoms with Crippen LogP contribution in [0, 0.1) is 13.8 Å². The van der Waals surface area contributed by atoms with Crippen molar-refractivity contribution in [3.63, 3.8) is 0 Å². The van der Waals surface area contributed by atoms with E-state index in [-0.39, 0.29) is 5.41 Å². The molecular formula is C22H24. The fourth-order valence-electron chi connectivity index (χ4n) is 4.41. The fraction of sp³-hybridized carbons (Fsp3) is 0.364. The van der Waals surface area contributed by atoms with Gasteiger partial charge >= 0.3 is 0 Å². The Morgan fingerprint density at radius 2 is 1.41 bits per heavy atom. The summed E-state index contributed by atoms with van der Waals surface area (Å²) in [5, 5.41) is 0. The first kappa shape index (κ1) is 13.8. The molecule has 0 saturated carbocycles. The molecule has 0 heteroatoms. The van der Waals surface area contributed by atoms with Crippen LogP contribution in [0.25, 0.3) is 11.1 Å². The van der Waals surface area contributed by atoms with Crippen LogP contribution in [0.15, 0.2) is 48.6 Å². The van der Waals surface area contributed by atoms with E-state index in [1.807, 2.05) is 0 Å². The standard InChI is InChI=1S/C22H24/c1-16-8-10-18-19-11-9-17(2)15-21(19)22(20(18)14-16)12-6-4-3-5-7-13-22/h4,6,8-11,14-15H,3,5,7,12-13H2,1-2H3. The molecule has 0 aromatic heterocycles. The molecule has 2 aromatic carbocycles. The van der Waals surface area contributed by atoms with E-state index in [4.69, 9.17) is 0 Å². The van der Waals surface area contributed by atoms with Gasteiger partial charge < -0.3 is 0 Å². The molecule has 2 aliphatic rings. The molecule has 0 atom stereocenters. The number of fused-ring (bicyclic) bond motifs is 5. The zero-order valence-electron chi connectivity index (χ0n) is 13.7. The van der Waals surface area contributed by atoms with Gasteiger partial charge in [-0.3, -0.25) is 0 Å². The molecule has 0 radical (unpaired) electrons. The van der Waals surface area contributed by atoms with E-state index in [9.17, 15) is 0 Å². The van der Waals surface area contributed by atoms with Crippen LogP contribution in [0.3, 0.4) is 0 Å². The molecule has 0 bridgehead atoms. The van der Waals surface area contributed by atoms with E-state index in [2.05, 4.69) is 62.4 Å². The van der Waals surface area contributed by atoms with Crippen LogP contribution in [0.1, 0.15) is 54.4 Å². The topological polar surface area (TPSA) is 0 Å². The van der Waals surface area contributed by atoms with E-state index in [0.717, 1.165) is 6.42 Å². The van der Waals surface area contributed by atoms with Gasteiger partial charge in [0.2, 0.25) is 0 Å². The van der Waals surface area contributed by atoms with Crippen molar-refractivity contribution in [2.45, 2.75) is 51.4 Å². The van der Waals surface area contributed by atoms with Gasteiger partial charge in [-0.15, -0.1) is 0 Å². The molecule has 0 heterocycles. The second kappa shape index (κ2) is 5.12. The van der Waals surface area contributed by atoms with Crippen LogP contribution in [-0.2, 0) is 5.41 Å². The largest absolute Gasteiger partial charge is 0.0885 e. The van der Waals surface area contributed by atoms with Crippen molar-refractivity contribution in [1.29, 1.82) is 0 Å². The minimum Gasteiger partial charge on any atom is -0.0885 e. The second-order valence-electron chi connectivity index (χ2n) is 7.10. The molecule has 4 rings (SSSR count). The van der Waals surface area contributed by atoms with Gasteiger partial charge in [-0.1, -0.05) is 66.1 Å². The van der Waals surface area contributed by atoms with Crippen LogP contribution in [0.5, 0.6) is 0 Å². The average molecular weight is 288 g/mol. The highest BCUT2D eigenvalue weighted by Crippen LogP contribution is 2.54. The second-order valence-corrected chi connectivity index (χ2v) is 7.10. The predicted molar refractivity (Wildman–Crippen MR) is 94.4 cm³/mol. The summed E-state index contributed by atoms with van der Waals surface area (Å²) in [5.74, 6) is 0. The summed E-state index contributed by atoms with van der Waals surface area (Å²) >= 11 is 0. The summed E-state index contributed by atoms with van der Waals surface area (Å²) < 4.78 is 0. The molecule has 112 valence electrons. The first-order valence-corrected chi connectivity index (χ1v) is 8.58. The lowest BCUT2D eigenvalue weighted by Gasteiger charge is -2.32. The normalized spacial score (nSPS) is 18.6. The minimum atomic E-state index is 0.208. The van der Waals surface area contributed by atoms with Gasteiger partial charge in [0.05, 0.1) is 0 Å². The zero-order valence-corrected chi connectivity index (χ0v) is 13.7. The van der Waals surface area contributed by atoms with Gasteiger partial charge in [-0.05, 0) is 61.8 Å². The number of rotatable bonds is 0. The minimum absolute atomic E-state index is 0.208. The maximum absolute atomic E-state index is 2.44. The van der Waals surface area contributed by atoms with Gasteiger partial charge in [-0.25, -0.2) is 0 Å². The Bertz CT molecular complexity index is 697. The first-order chi connectivity index (χ1) is 10.7. The molecule has 0 nitrogen and oxygen atoms in total. The molecular weight excluding hydrogens is 264 g/mol. The lowest BCUT2D eigenvalue weighted by Crippen LogP contribution is -2.25. The Balaban J connectivity index is 2.00. The molecule has 2 aliphatic carbocycles. The van der Waals surface area contributed by atoms with Crippen molar-refractivity contribution in [2.24, 2.45) is 0 Å². The van der Waals surface area contributed by atoms with E-state index >= 15 is 0 Å². The van der Waals surface area contributed by atoms with Gasteiger partial charge in [0, 0.05) is 5.41 Å². The quantitative estimate of drug-likeness (QED) is 0.514. The Labute approximate surface area is 133 Å². The van der Waals surface area contributed by atoms with E-state index in [1.54, 1.807) is 11.1 Å². The highest BCUT2D eigenvalue weighted by molar-refractivity contribution is 5.81. The third-order valence-corrected chi connectivity index (χ3v) is 5.53. The molecule has 2 aromatic rings. The maximum Gasteiger partial charge on any atom is 0.0249 e. The number of benzene rings is 2. The van der Waals surface area contributed by atoms with Crippen molar-refractivity contribution in [3.05, 3.63) is 70.8 Å². The Morgan fingerprint density at radius 3 is 2.05 bits per heavy atom. The third kappa shape index (κ3) is 1.97. The predicted octanol–water partition coefficient (Wildman–Crippen LogP) is 6.09. The molecule has 1 spiro atoms. The van der Waals surface area contributed by atoms with E-state index < -0.39 is 0 Å². The molecule has 0 amide bonds. The Kier molecular flexibility index (Phi) is 3.22. The van der Waals surface area contributed by atoms with E-state index in [1.165, 1.54) is 47.9 Å². The van der Waals surface area contributed by atoms with E-state index in [0.29, 0.717) is 0 Å². The zero-order chi connectivity index (χ0) is 15.2. The lowest BCUT2D eigenvalue weighted by molar-refractivity contribution is 0.453. The number of hydrogen-bond donors (Lipinski definition) is 0. The smallest absolute Gasteiger partial charge is 0.0249 e. The number of aryl methyl sites for hydroxylation is 2. The SMILES string of the molecule is Cc1ccc2c(c1)C1(CC=CCCCC1)c1cc(C)ccc1-2. The molecule has 0 unspecified atom stereocenters. The summed E-state index contributed by atoms with van der Waals surface area (Å²) in [6, 6.07) is 14.1. The van der Waals surface area contributed by atoms with Crippen molar-refractivity contribution in [2.75, 3.05) is 0 Å². The average Bonchev–Trinajstić information content (AvgIpc) is 2.73. The molecule has 22 heavy (non-hydrogen) atoms. The first-order valence-electron chi connectivity index (χ1n) is 8.58. The molecule has 0 saturated heterocycles. The van der Waals surface area contributed by atoms with Gasteiger partial charge in [0.25, 0.3) is 0 Å². The Morgan fingerprint density at radius 1 is 0.773 bits per heavy atom. The lowest BCUT2D eigenvalue weighted by atomic mass is 9.70. The van der Waals surface area contributed by atoms with Crippen LogP contribution in [-0.4, -0.2) is 0 Å². The van der Waals surface area contributed by atoms with Crippen molar-refractivity contribution < 1.29 is 0 Å². The fourth-order valence-corrected chi connectivity index (χ4v) is 4.41. The van der Waals surface area contributed by atoms with Crippen molar-refractivity contribution >= 4 is 0 Å². The van der Waals surface area contributed by atoms with Crippen molar-refractivity contribution in [1.82, 2.24) is 0 Å². The summed E-state index contributed by atoms with van der Waals surface area (Å²) in [6.45, 7) is 4.45. The maximum atomic E-state index is 2.44. The molecule has 0 fully saturated rings. The van der Waals surface area contributed by atoms with Gasteiger partial charge in [0.1, 0.15) is 0 Å². The monoisotopic (exact) mass is 288 g/mol. The number of allylic oxidation sites excluding steroid dienone is 2. The summed E-state index contributed by atoms with van der Waals surface area (Å²) in [5.41, 5.74) is 9.05. The summed E-state index contributed by atoms with van der Waals surface area (Å²) in [6.07, 6.45) is 11.2. The van der Waals surface area contributed by atoms with Crippen LogP contribution in [0.2, 0.25) is 0 Å². The van der Waals surface area contributed by atoms with Gasteiger partial charge in [-0.2, -0.15) is 0 Å². The van der Waals surface area contributed by atoms with Crippen LogP contribution in [0.4, 0.5) is 0 Å². The van der Waals surface area contributed by atoms with Crippen LogP contribution >= 0.6 is 0 Å². The van der Waals surface area contributed by atoms with Crippen LogP contribution < -0.4 is 0 Å². The van der Waals surface area contributed by atoms with Gasteiger partial charge in [0.15, 0.2) is 0 Å². The van der Waals surface area contributed by atoms with Crippen molar-refractivity contribution in [3.8, 4) is 11.1 Å². The highest BCUT2D eigenvalue weighted by Gasteiger charge is 2.42. The third-order valence-electron chi connectivity index (χ3n) is 5.53. The summed E-state index contributed by atoms with van der Waals surface area (Å²) in [7, 11) is 0. The number of hydrogen-bond acceptors (Lipinski definition) is 0.